The van der Waals surface area contributed by atoms with Crippen LogP contribution in [0.1, 0.15) is 33.6 Å². The van der Waals surface area contributed by atoms with Gasteiger partial charge < -0.3 is 10.6 Å². The first-order chi connectivity index (χ1) is 9.58. The predicted octanol–water partition coefficient (Wildman–Crippen LogP) is 2.61. The molecule has 1 atom stereocenters. The van der Waals surface area contributed by atoms with Crippen LogP contribution in [0.4, 0.5) is 0 Å². The fourth-order valence-electron chi connectivity index (χ4n) is 1.81. The van der Waals surface area contributed by atoms with E-state index in [1.54, 1.807) is 0 Å². The van der Waals surface area contributed by atoms with Crippen molar-refractivity contribution in [3.8, 4) is 0 Å². The number of hydrogen-bond donors (Lipinski definition) is 2. The summed E-state index contributed by atoms with van der Waals surface area (Å²) in [5.41, 5.74) is 0. The number of nitrogens with one attached hydrogen (secondary N) is 2. The monoisotopic (exact) mass is 318 g/mol. The van der Waals surface area contributed by atoms with Gasteiger partial charge in [0.1, 0.15) is 0 Å². The van der Waals surface area contributed by atoms with Crippen LogP contribution in [0.2, 0.25) is 0 Å². The maximum absolute atomic E-state index is 11.7. The van der Waals surface area contributed by atoms with Crippen LogP contribution in [0, 0.1) is 11.8 Å². The van der Waals surface area contributed by atoms with E-state index >= 15 is 0 Å². The first-order valence-corrected chi connectivity index (χ1v) is 9.95. The van der Waals surface area contributed by atoms with Gasteiger partial charge in [0.2, 0.25) is 5.91 Å². The zero-order chi connectivity index (χ0) is 14.8. The van der Waals surface area contributed by atoms with Crippen molar-refractivity contribution in [3.63, 3.8) is 0 Å². The van der Waals surface area contributed by atoms with Crippen LogP contribution in [0.25, 0.3) is 0 Å². The van der Waals surface area contributed by atoms with Gasteiger partial charge in [-0.15, -0.1) is 0 Å². The first kappa shape index (κ1) is 18.2. The first-order valence-electron chi connectivity index (χ1n) is 7.74. The molecule has 0 aromatic heterocycles. The number of hydrogen-bond acceptors (Lipinski definition) is 4. The average Bonchev–Trinajstić information content (AvgIpc) is 2.33. The Morgan fingerprint density at radius 1 is 1.30 bits per heavy atom. The van der Waals surface area contributed by atoms with Crippen LogP contribution in [-0.4, -0.2) is 48.0 Å². The van der Waals surface area contributed by atoms with E-state index < -0.39 is 0 Å². The predicted molar refractivity (Wildman–Crippen MR) is 92.7 cm³/mol. The van der Waals surface area contributed by atoms with Crippen molar-refractivity contribution < 1.29 is 4.79 Å². The van der Waals surface area contributed by atoms with Gasteiger partial charge in [0.05, 0.1) is 0 Å². The van der Waals surface area contributed by atoms with E-state index in [2.05, 4.69) is 43.2 Å². The molecule has 1 aliphatic rings. The van der Waals surface area contributed by atoms with E-state index in [0.29, 0.717) is 12.3 Å². The molecule has 1 fully saturated rings. The Morgan fingerprint density at radius 3 is 2.65 bits per heavy atom. The van der Waals surface area contributed by atoms with Crippen molar-refractivity contribution in [2.24, 2.45) is 11.8 Å². The number of thioether (sulfide) groups is 2. The third kappa shape index (κ3) is 9.14. The van der Waals surface area contributed by atoms with Crippen molar-refractivity contribution in [2.75, 3.05) is 36.9 Å². The zero-order valence-corrected chi connectivity index (χ0v) is 14.7. The molecule has 0 aliphatic carbocycles. The molecule has 2 N–H and O–H groups in total. The standard InChI is InChI=1S/C15H30N2OS2/c1-12(2)10-19-7-6-17-15(18)5-4-13(3)11-20-14-8-16-9-14/h12-14,16H,4-11H2,1-3H3,(H,17,18). The fourth-order valence-corrected chi connectivity index (χ4v) is 3.93. The summed E-state index contributed by atoms with van der Waals surface area (Å²) in [5, 5.41) is 7.12. The molecule has 0 saturated carbocycles. The van der Waals surface area contributed by atoms with Gasteiger partial charge in [-0.25, -0.2) is 0 Å². The van der Waals surface area contributed by atoms with Crippen LogP contribution < -0.4 is 10.6 Å². The van der Waals surface area contributed by atoms with Crippen molar-refractivity contribution in [3.05, 3.63) is 0 Å². The quantitative estimate of drug-likeness (QED) is 0.575. The Hall–Kier alpha value is 0.130. The van der Waals surface area contributed by atoms with E-state index in [-0.39, 0.29) is 5.91 Å². The van der Waals surface area contributed by atoms with E-state index in [9.17, 15) is 4.79 Å². The second-order valence-corrected chi connectivity index (χ2v) is 8.56. The summed E-state index contributed by atoms with van der Waals surface area (Å²) in [5.74, 6) is 4.99. The largest absolute Gasteiger partial charge is 0.355 e. The van der Waals surface area contributed by atoms with Gasteiger partial charge in [0.15, 0.2) is 0 Å². The van der Waals surface area contributed by atoms with Gasteiger partial charge in [-0.2, -0.15) is 23.5 Å². The minimum Gasteiger partial charge on any atom is -0.355 e. The number of amides is 1. The maximum Gasteiger partial charge on any atom is 0.220 e. The number of carbonyl (C=O) groups is 1. The molecule has 3 nitrogen and oxygen atoms in total. The fraction of sp³-hybridized carbons (Fsp3) is 0.933. The lowest BCUT2D eigenvalue weighted by Gasteiger charge is -2.27. The molecule has 118 valence electrons. The lowest BCUT2D eigenvalue weighted by atomic mass is 10.1. The Balaban J connectivity index is 1.90. The highest BCUT2D eigenvalue weighted by Gasteiger charge is 2.18. The number of carbonyl (C=O) groups excluding carboxylic acids is 1. The summed E-state index contributed by atoms with van der Waals surface area (Å²) >= 11 is 3.98. The van der Waals surface area contributed by atoms with Crippen LogP contribution in [0.3, 0.4) is 0 Å². The van der Waals surface area contributed by atoms with Crippen molar-refractivity contribution in [2.45, 2.75) is 38.9 Å². The highest BCUT2D eigenvalue weighted by molar-refractivity contribution is 8.00. The van der Waals surface area contributed by atoms with Gasteiger partial charge in [-0.3, -0.25) is 4.79 Å². The second-order valence-electron chi connectivity index (χ2n) is 6.08. The molecule has 1 aliphatic heterocycles. The molecule has 20 heavy (non-hydrogen) atoms. The third-order valence-electron chi connectivity index (χ3n) is 3.24. The lowest BCUT2D eigenvalue weighted by molar-refractivity contribution is -0.121. The molecule has 0 radical (unpaired) electrons. The molecule has 0 spiro atoms. The minimum atomic E-state index is 0.220. The summed E-state index contributed by atoms with van der Waals surface area (Å²) in [6.07, 6.45) is 1.69. The summed E-state index contributed by atoms with van der Waals surface area (Å²) < 4.78 is 0. The van der Waals surface area contributed by atoms with Crippen LogP contribution in [0.5, 0.6) is 0 Å². The molecular formula is C15H30N2OS2. The molecule has 0 aromatic rings. The van der Waals surface area contributed by atoms with Gasteiger partial charge in [-0.05, 0) is 29.8 Å². The highest BCUT2D eigenvalue weighted by Crippen LogP contribution is 2.20. The maximum atomic E-state index is 11.7. The van der Waals surface area contributed by atoms with Gasteiger partial charge in [0, 0.05) is 37.1 Å². The molecule has 1 saturated heterocycles. The molecular weight excluding hydrogens is 288 g/mol. The molecule has 0 aromatic carbocycles. The Bertz CT molecular complexity index is 271. The molecule has 1 rings (SSSR count). The van der Waals surface area contributed by atoms with Crippen LogP contribution >= 0.6 is 23.5 Å². The third-order valence-corrected chi connectivity index (χ3v) is 6.21. The Labute approximate surface area is 132 Å². The summed E-state index contributed by atoms with van der Waals surface area (Å²) in [6, 6.07) is 0. The van der Waals surface area contributed by atoms with E-state index in [4.69, 9.17) is 0 Å². The molecule has 0 bridgehead atoms. The zero-order valence-electron chi connectivity index (χ0n) is 13.1. The van der Waals surface area contributed by atoms with Gasteiger partial charge in [-0.1, -0.05) is 20.8 Å². The van der Waals surface area contributed by atoms with Gasteiger partial charge in [0.25, 0.3) is 0 Å². The van der Waals surface area contributed by atoms with E-state index in [1.807, 2.05) is 11.8 Å². The van der Waals surface area contributed by atoms with Crippen LogP contribution in [-0.2, 0) is 4.79 Å². The van der Waals surface area contributed by atoms with Crippen molar-refractivity contribution in [1.82, 2.24) is 10.6 Å². The molecule has 1 amide bonds. The van der Waals surface area contributed by atoms with E-state index in [0.717, 1.165) is 43.0 Å². The second kappa shape index (κ2) is 10.8. The minimum absolute atomic E-state index is 0.220. The number of rotatable bonds is 11. The average molecular weight is 319 g/mol. The summed E-state index contributed by atoms with van der Waals surface area (Å²) in [7, 11) is 0. The summed E-state index contributed by atoms with van der Waals surface area (Å²) in [6.45, 7) is 9.84. The Morgan fingerprint density at radius 2 is 2.05 bits per heavy atom. The SMILES string of the molecule is CC(C)CSCCNC(=O)CCC(C)CSC1CNC1. The Kier molecular flexibility index (Phi) is 9.82. The van der Waals surface area contributed by atoms with Gasteiger partial charge >= 0.3 is 0 Å². The van der Waals surface area contributed by atoms with E-state index in [1.165, 1.54) is 11.5 Å². The smallest absolute Gasteiger partial charge is 0.220 e. The molecule has 1 heterocycles. The van der Waals surface area contributed by atoms with Crippen LogP contribution in [0.15, 0.2) is 0 Å². The summed E-state index contributed by atoms with van der Waals surface area (Å²) in [4.78, 5) is 11.7. The van der Waals surface area contributed by atoms with Crippen molar-refractivity contribution >= 4 is 29.4 Å². The van der Waals surface area contributed by atoms with Crippen molar-refractivity contribution in [1.29, 1.82) is 0 Å². The topological polar surface area (TPSA) is 41.1 Å². The normalized spacial score (nSPS) is 17.0. The molecule has 5 heteroatoms. The molecule has 1 unspecified atom stereocenters. The lowest BCUT2D eigenvalue weighted by Crippen LogP contribution is -2.44. The highest BCUT2D eigenvalue weighted by atomic mass is 32.2.